The summed E-state index contributed by atoms with van der Waals surface area (Å²) in [6, 6.07) is 58.2. The Bertz CT molecular complexity index is 2580. The highest BCUT2D eigenvalue weighted by atomic mass is 15.1. The maximum absolute atomic E-state index is 2.48. The summed E-state index contributed by atoms with van der Waals surface area (Å²) < 4.78 is 2.43. The van der Waals surface area contributed by atoms with Crippen LogP contribution in [0.5, 0.6) is 0 Å². The lowest BCUT2D eigenvalue weighted by Gasteiger charge is -2.37. The normalized spacial score (nSPS) is 14.0. The lowest BCUT2D eigenvalue weighted by Crippen LogP contribution is -2.25. The van der Waals surface area contributed by atoms with Crippen LogP contribution in [0.2, 0.25) is 0 Å². The van der Waals surface area contributed by atoms with Gasteiger partial charge in [-0.05, 0) is 98.6 Å². The van der Waals surface area contributed by atoms with Crippen LogP contribution in [-0.4, -0.2) is 4.57 Å². The van der Waals surface area contributed by atoms with Crippen molar-refractivity contribution in [2.24, 2.45) is 0 Å². The summed E-state index contributed by atoms with van der Waals surface area (Å²) in [6.07, 6.45) is 4.60. The average molecular weight is 627 g/mol. The summed E-state index contributed by atoms with van der Waals surface area (Å²) in [5.41, 5.74) is 17.2. The van der Waals surface area contributed by atoms with E-state index in [9.17, 15) is 0 Å². The second kappa shape index (κ2) is 10.4. The Labute approximate surface area is 286 Å². The Morgan fingerprint density at radius 3 is 1.53 bits per heavy atom. The molecule has 0 fully saturated rings. The van der Waals surface area contributed by atoms with Crippen molar-refractivity contribution in [2.45, 2.75) is 19.3 Å². The van der Waals surface area contributed by atoms with Crippen molar-refractivity contribution >= 4 is 33.2 Å². The summed E-state index contributed by atoms with van der Waals surface area (Å²) >= 11 is 0. The maximum Gasteiger partial charge on any atom is 0.0541 e. The Morgan fingerprint density at radius 2 is 0.898 bits per heavy atom. The predicted octanol–water partition coefficient (Wildman–Crippen LogP) is 12.7. The van der Waals surface area contributed by atoms with E-state index >= 15 is 0 Å². The molecule has 0 bridgehead atoms. The van der Waals surface area contributed by atoms with E-state index in [4.69, 9.17) is 0 Å². The van der Waals surface area contributed by atoms with Crippen molar-refractivity contribution in [3.63, 3.8) is 0 Å². The van der Waals surface area contributed by atoms with E-state index in [1.54, 1.807) is 0 Å². The van der Waals surface area contributed by atoms with Crippen molar-refractivity contribution in [1.82, 2.24) is 4.57 Å². The highest BCUT2D eigenvalue weighted by Crippen LogP contribution is 2.52. The van der Waals surface area contributed by atoms with Crippen molar-refractivity contribution in [3.05, 3.63) is 176 Å². The SMILES string of the molecule is CC1(C)C=CN(c2ccccc2)c2cc3c(cc21)-c1ccccc1-c1ccccc1-c1ccc(-n2c4ccccc4c4ccccc42)cc1-3. The molecule has 0 spiro atoms. The summed E-state index contributed by atoms with van der Waals surface area (Å²) in [4.78, 5) is 2.36. The minimum absolute atomic E-state index is 0.140. The molecule has 1 aliphatic carbocycles. The molecule has 49 heavy (non-hydrogen) atoms. The lowest BCUT2D eigenvalue weighted by molar-refractivity contribution is 0.659. The second-order valence-corrected chi connectivity index (χ2v) is 13.8. The fourth-order valence-corrected chi connectivity index (χ4v) is 8.23. The number of benzene rings is 7. The first kappa shape index (κ1) is 27.9. The largest absolute Gasteiger partial charge is 0.317 e. The monoisotopic (exact) mass is 626 g/mol. The fraction of sp³-hybridized carbons (Fsp3) is 0.0638. The number of fused-ring (bicyclic) bond motifs is 12. The van der Waals surface area contributed by atoms with E-state index in [2.05, 4.69) is 193 Å². The van der Waals surface area contributed by atoms with E-state index in [0.717, 1.165) is 11.4 Å². The van der Waals surface area contributed by atoms with Crippen molar-refractivity contribution < 1.29 is 0 Å². The van der Waals surface area contributed by atoms with Gasteiger partial charge in [0, 0.05) is 33.8 Å². The Morgan fingerprint density at radius 1 is 0.408 bits per heavy atom. The molecule has 0 unspecified atom stereocenters. The van der Waals surface area contributed by atoms with Crippen molar-refractivity contribution in [3.8, 4) is 50.2 Å². The quantitative estimate of drug-likeness (QED) is 0.185. The molecule has 0 radical (unpaired) electrons. The molecule has 2 heteroatoms. The predicted molar refractivity (Wildman–Crippen MR) is 207 cm³/mol. The third kappa shape index (κ3) is 4.14. The summed E-state index contributed by atoms with van der Waals surface area (Å²) in [6.45, 7) is 4.66. The Hall–Kier alpha value is -6.12. The van der Waals surface area contributed by atoms with Gasteiger partial charge in [-0.1, -0.05) is 129 Å². The van der Waals surface area contributed by atoms with Gasteiger partial charge in [0.25, 0.3) is 0 Å². The van der Waals surface area contributed by atoms with Gasteiger partial charge in [0.15, 0.2) is 0 Å². The number of allylic oxidation sites excluding steroid dienone is 1. The number of hydrogen-bond acceptors (Lipinski definition) is 1. The smallest absolute Gasteiger partial charge is 0.0541 e. The zero-order valence-corrected chi connectivity index (χ0v) is 27.6. The summed E-state index contributed by atoms with van der Waals surface area (Å²) in [7, 11) is 0. The number of anilines is 2. The van der Waals surface area contributed by atoms with Gasteiger partial charge in [0.2, 0.25) is 0 Å². The first-order valence-corrected chi connectivity index (χ1v) is 17.1. The third-order valence-electron chi connectivity index (χ3n) is 10.6. The molecular formula is C47H34N2. The molecule has 0 N–H and O–H groups in total. The van der Waals surface area contributed by atoms with E-state index in [1.165, 1.54) is 77.6 Å². The highest BCUT2D eigenvalue weighted by Gasteiger charge is 2.32. The van der Waals surface area contributed by atoms with E-state index in [-0.39, 0.29) is 5.41 Å². The summed E-state index contributed by atoms with van der Waals surface area (Å²) in [5, 5.41) is 2.54. The van der Waals surface area contributed by atoms with Gasteiger partial charge in [0.05, 0.1) is 16.7 Å². The molecule has 10 rings (SSSR count). The van der Waals surface area contributed by atoms with Gasteiger partial charge < -0.3 is 9.47 Å². The average Bonchev–Trinajstić information content (AvgIpc) is 3.48. The zero-order chi connectivity index (χ0) is 32.7. The molecule has 232 valence electrons. The molecule has 0 saturated carbocycles. The first-order valence-electron chi connectivity index (χ1n) is 17.1. The molecule has 0 amide bonds. The van der Waals surface area contributed by atoms with Crippen LogP contribution in [0.3, 0.4) is 0 Å². The van der Waals surface area contributed by atoms with Gasteiger partial charge in [-0.3, -0.25) is 0 Å². The molecule has 1 aliphatic heterocycles. The molecular weight excluding hydrogens is 593 g/mol. The minimum atomic E-state index is -0.140. The van der Waals surface area contributed by atoms with Gasteiger partial charge in [0.1, 0.15) is 0 Å². The molecule has 0 saturated heterocycles. The minimum Gasteiger partial charge on any atom is -0.317 e. The van der Waals surface area contributed by atoms with E-state index in [1.807, 2.05) is 0 Å². The van der Waals surface area contributed by atoms with Crippen LogP contribution in [0.4, 0.5) is 11.4 Å². The van der Waals surface area contributed by atoms with E-state index < -0.39 is 0 Å². The number of aromatic nitrogens is 1. The number of hydrogen-bond donors (Lipinski definition) is 0. The number of nitrogens with zero attached hydrogens (tertiary/aromatic N) is 2. The van der Waals surface area contributed by atoms with Gasteiger partial charge in [-0.15, -0.1) is 0 Å². The van der Waals surface area contributed by atoms with Crippen LogP contribution < -0.4 is 4.90 Å². The number of para-hydroxylation sites is 3. The lowest BCUT2D eigenvalue weighted by atomic mass is 9.75. The molecule has 2 aliphatic rings. The Balaban J connectivity index is 1.33. The molecule has 2 heterocycles. The van der Waals surface area contributed by atoms with Crippen LogP contribution in [0, 0.1) is 0 Å². The standard InChI is InChI=1S/C47H34N2/c1-47(2)26-27-48(31-14-4-3-5-15-31)46-30-42-40-28-32(49-44-22-12-10-20-38(44)39-21-11-13-23-45(39)49)24-25-37(40)35-18-7-6-16-33(35)34-17-8-9-19-36(34)41(42)29-43(46)47/h3-30H,1-2H3. The third-order valence-corrected chi connectivity index (χ3v) is 10.6. The van der Waals surface area contributed by atoms with Crippen LogP contribution in [0.15, 0.2) is 170 Å². The second-order valence-electron chi connectivity index (χ2n) is 13.8. The Kier molecular flexibility index (Phi) is 5.95. The van der Waals surface area contributed by atoms with Gasteiger partial charge >= 0.3 is 0 Å². The van der Waals surface area contributed by atoms with Crippen molar-refractivity contribution in [2.75, 3.05) is 4.90 Å². The van der Waals surface area contributed by atoms with Crippen LogP contribution in [0.1, 0.15) is 19.4 Å². The molecule has 0 atom stereocenters. The first-order chi connectivity index (χ1) is 24.1. The zero-order valence-electron chi connectivity index (χ0n) is 27.6. The maximum atomic E-state index is 2.48. The fourth-order valence-electron chi connectivity index (χ4n) is 8.23. The molecule has 1 aromatic heterocycles. The van der Waals surface area contributed by atoms with Gasteiger partial charge in [-0.2, -0.15) is 0 Å². The van der Waals surface area contributed by atoms with Crippen molar-refractivity contribution in [1.29, 1.82) is 0 Å². The molecule has 7 aromatic carbocycles. The highest BCUT2D eigenvalue weighted by molar-refractivity contribution is 6.10. The molecule has 8 aromatic rings. The molecule has 2 nitrogen and oxygen atoms in total. The van der Waals surface area contributed by atoms with Crippen LogP contribution >= 0.6 is 0 Å². The number of rotatable bonds is 2. The topological polar surface area (TPSA) is 8.17 Å². The van der Waals surface area contributed by atoms with E-state index in [0.29, 0.717) is 0 Å². The summed E-state index contributed by atoms with van der Waals surface area (Å²) in [5.74, 6) is 0. The van der Waals surface area contributed by atoms with Gasteiger partial charge in [-0.25, -0.2) is 0 Å². The van der Waals surface area contributed by atoms with Crippen LogP contribution in [0.25, 0.3) is 72.0 Å². The van der Waals surface area contributed by atoms with Crippen LogP contribution in [-0.2, 0) is 5.41 Å².